The van der Waals surface area contributed by atoms with Gasteiger partial charge in [-0.25, -0.2) is 18.2 Å². The van der Waals surface area contributed by atoms with Gasteiger partial charge in [0.25, 0.3) is 15.9 Å². The Labute approximate surface area is 216 Å². The first-order chi connectivity index (χ1) is 17.8. The molecule has 0 radical (unpaired) electrons. The average Bonchev–Trinajstić information content (AvgIpc) is 2.88. The van der Waals surface area contributed by atoms with Gasteiger partial charge in [0.1, 0.15) is 12.4 Å². The number of benzene rings is 3. The highest BCUT2D eigenvalue weighted by Gasteiger charge is 2.29. The number of hydrogen-bond donors (Lipinski definition) is 1. The summed E-state index contributed by atoms with van der Waals surface area (Å²) in [5.74, 6) is -0.376. The minimum Gasteiger partial charge on any atom is -0.490 e. The SMILES string of the molecule is CCCOc1ccc(/C=N/NC(=O)CN(c2ccccc2F)S(=O)(=O)c2ccc(C)cc2)cc1OCC. The Morgan fingerprint density at radius 3 is 2.43 bits per heavy atom. The molecular formula is C27H30FN3O5S. The van der Waals surface area contributed by atoms with E-state index >= 15 is 0 Å². The number of rotatable bonds is 12. The Kier molecular flexibility index (Phi) is 9.62. The summed E-state index contributed by atoms with van der Waals surface area (Å²) in [6.07, 6.45) is 2.25. The number of sulfonamides is 1. The van der Waals surface area contributed by atoms with Crippen LogP contribution in [0, 0.1) is 12.7 Å². The standard InChI is InChI=1S/C27H30FN3O5S/c1-4-16-36-25-15-12-21(17-26(25)35-5-2)18-29-30-27(32)19-31(24-9-7-6-8-23(24)28)37(33,34)22-13-10-20(3)11-14-22/h6-15,17-18H,4-5,16,19H2,1-3H3,(H,30,32)/b29-18+. The monoisotopic (exact) mass is 527 g/mol. The van der Waals surface area contributed by atoms with Crippen LogP contribution in [0.25, 0.3) is 0 Å². The van der Waals surface area contributed by atoms with Crippen LogP contribution in [-0.4, -0.2) is 40.3 Å². The topological polar surface area (TPSA) is 97.3 Å². The van der Waals surface area contributed by atoms with Gasteiger partial charge in [-0.15, -0.1) is 0 Å². The van der Waals surface area contributed by atoms with Crippen molar-refractivity contribution in [3.05, 3.63) is 83.7 Å². The maximum absolute atomic E-state index is 14.6. The van der Waals surface area contributed by atoms with Crippen molar-refractivity contribution in [2.24, 2.45) is 5.10 Å². The molecule has 8 nitrogen and oxygen atoms in total. The lowest BCUT2D eigenvalue weighted by molar-refractivity contribution is -0.119. The summed E-state index contributed by atoms with van der Waals surface area (Å²) in [5, 5.41) is 3.93. The zero-order chi connectivity index (χ0) is 26.8. The number of anilines is 1. The summed E-state index contributed by atoms with van der Waals surface area (Å²) in [5.41, 5.74) is 3.56. The van der Waals surface area contributed by atoms with Crippen molar-refractivity contribution in [1.29, 1.82) is 0 Å². The normalized spacial score (nSPS) is 11.4. The van der Waals surface area contributed by atoms with Crippen molar-refractivity contribution in [1.82, 2.24) is 5.43 Å². The third-order valence-electron chi connectivity index (χ3n) is 5.15. The summed E-state index contributed by atoms with van der Waals surface area (Å²) >= 11 is 0. The molecule has 3 aromatic carbocycles. The zero-order valence-electron chi connectivity index (χ0n) is 21.0. The molecule has 0 heterocycles. The number of halogens is 1. The zero-order valence-corrected chi connectivity index (χ0v) is 21.8. The number of nitrogens with one attached hydrogen (secondary N) is 1. The molecule has 196 valence electrons. The maximum atomic E-state index is 14.6. The highest BCUT2D eigenvalue weighted by atomic mass is 32.2. The summed E-state index contributed by atoms with van der Waals surface area (Å²) in [7, 11) is -4.24. The Hall–Kier alpha value is -3.92. The molecule has 0 saturated carbocycles. The smallest absolute Gasteiger partial charge is 0.264 e. The van der Waals surface area contributed by atoms with Crippen LogP contribution >= 0.6 is 0 Å². The number of hydrogen-bond acceptors (Lipinski definition) is 6. The number of ether oxygens (including phenoxy) is 2. The molecule has 1 amide bonds. The first kappa shape index (κ1) is 27.7. The highest BCUT2D eigenvalue weighted by Crippen LogP contribution is 2.28. The van der Waals surface area contributed by atoms with Crippen molar-refractivity contribution >= 4 is 27.8 Å². The van der Waals surface area contributed by atoms with Gasteiger partial charge in [-0.1, -0.05) is 36.8 Å². The van der Waals surface area contributed by atoms with E-state index in [1.807, 2.05) is 20.8 Å². The molecule has 3 aromatic rings. The van der Waals surface area contributed by atoms with E-state index < -0.39 is 28.3 Å². The number of para-hydroxylation sites is 1. The van der Waals surface area contributed by atoms with Gasteiger partial charge in [0.05, 0.1) is 30.0 Å². The van der Waals surface area contributed by atoms with Crippen LogP contribution in [0.2, 0.25) is 0 Å². The minimum absolute atomic E-state index is 0.0634. The fourth-order valence-electron chi connectivity index (χ4n) is 3.34. The fourth-order valence-corrected chi connectivity index (χ4v) is 4.77. The molecule has 10 heteroatoms. The summed E-state index contributed by atoms with van der Waals surface area (Å²) in [4.78, 5) is 12.6. The van der Waals surface area contributed by atoms with Crippen molar-refractivity contribution in [2.75, 3.05) is 24.1 Å². The van der Waals surface area contributed by atoms with E-state index in [4.69, 9.17) is 9.47 Å². The minimum atomic E-state index is -4.24. The van der Waals surface area contributed by atoms with E-state index in [1.165, 1.54) is 36.5 Å². The predicted molar refractivity (Wildman–Crippen MR) is 141 cm³/mol. The van der Waals surface area contributed by atoms with E-state index in [0.29, 0.717) is 30.3 Å². The Bertz CT molecular complexity index is 1340. The van der Waals surface area contributed by atoms with Crippen molar-refractivity contribution < 1.29 is 27.1 Å². The van der Waals surface area contributed by atoms with Crippen molar-refractivity contribution in [3.63, 3.8) is 0 Å². The average molecular weight is 528 g/mol. The molecule has 0 saturated heterocycles. The lowest BCUT2D eigenvalue weighted by Gasteiger charge is -2.24. The molecule has 37 heavy (non-hydrogen) atoms. The largest absolute Gasteiger partial charge is 0.490 e. The Balaban J connectivity index is 1.79. The second kappa shape index (κ2) is 12.9. The summed E-state index contributed by atoms with van der Waals surface area (Å²) in [6, 6.07) is 16.7. The van der Waals surface area contributed by atoms with E-state index in [9.17, 15) is 17.6 Å². The van der Waals surface area contributed by atoms with Gasteiger partial charge in [0, 0.05) is 0 Å². The van der Waals surface area contributed by atoms with E-state index in [1.54, 1.807) is 30.3 Å². The van der Waals surface area contributed by atoms with E-state index in [2.05, 4.69) is 10.5 Å². The first-order valence-electron chi connectivity index (χ1n) is 11.8. The van der Waals surface area contributed by atoms with Crippen LogP contribution in [-0.2, 0) is 14.8 Å². The van der Waals surface area contributed by atoms with E-state index in [0.717, 1.165) is 22.4 Å². The quantitative estimate of drug-likeness (QED) is 0.273. The van der Waals surface area contributed by atoms with Gasteiger partial charge in [-0.05, 0) is 68.3 Å². The molecule has 0 spiro atoms. The van der Waals surface area contributed by atoms with Crippen LogP contribution < -0.4 is 19.2 Å². The number of hydrazone groups is 1. The van der Waals surface area contributed by atoms with Crippen LogP contribution in [0.1, 0.15) is 31.4 Å². The second-order valence-electron chi connectivity index (χ2n) is 8.06. The van der Waals surface area contributed by atoms with Crippen LogP contribution in [0.4, 0.5) is 10.1 Å². The Morgan fingerprint density at radius 1 is 1.03 bits per heavy atom. The lowest BCUT2D eigenvalue weighted by atomic mass is 10.2. The third-order valence-corrected chi connectivity index (χ3v) is 6.92. The molecule has 0 unspecified atom stereocenters. The van der Waals surface area contributed by atoms with Gasteiger partial charge >= 0.3 is 0 Å². The number of aryl methyl sites for hydroxylation is 1. The fraction of sp³-hybridized carbons (Fsp3) is 0.259. The van der Waals surface area contributed by atoms with Crippen LogP contribution in [0.15, 0.2) is 76.7 Å². The molecule has 0 aromatic heterocycles. The second-order valence-corrected chi connectivity index (χ2v) is 9.92. The first-order valence-corrected chi connectivity index (χ1v) is 13.3. The molecule has 0 aliphatic rings. The molecule has 0 atom stereocenters. The van der Waals surface area contributed by atoms with Crippen molar-refractivity contribution in [3.8, 4) is 11.5 Å². The number of nitrogens with zero attached hydrogens (tertiary/aromatic N) is 2. The molecule has 3 rings (SSSR count). The Morgan fingerprint density at radius 2 is 1.76 bits per heavy atom. The van der Waals surface area contributed by atoms with Crippen LogP contribution in [0.3, 0.4) is 0 Å². The van der Waals surface area contributed by atoms with Gasteiger partial charge in [-0.2, -0.15) is 5.10 Å². The van der Waals surface area contributed by atoms with Gasteiger partial charge in [0.2, 0.25) is 0 Å². The number of carbonyl (C=O) groups is 1. The van der Waals surface area contributed by atoms with Crippen molar-refractivity contribution in [2.45, 2.75) is 32.1 Å². The van der Waals surface area contributed by atoms with Crippen LogP contribution in [0.5, 0.6) is 11.5 Å². The third kappa shape index (κ3) is 7.29. The molecule has 0 aliphatic carbocycles. The number of carbonyl (C=O) groups excluding carboxylic acids is 1. The molecule has 0 fully saturated rings. The lowest BCUT2D eigenvalue weighted by Crippen LogP contribution is -2.40. The molecule has 0 bridgehead atoms. The summed E-state index contributed by atoms with van der Waals surface area (Å²) < 4.78 is 53.3. The number of amides is 1. The van der Waals surface area contributed by atoms with Gasteiger partial charge in [0.15, 0.2) is 11.5 Å². The van der Waals surface area contributed by atoms with Gasteiger partial charge < -0.3 is 9.47 Å². The predicted octanol–water partition coefficient (Wildman–Crippen LogP) is 4.67. The molecule has 1 N–H and O–H groups in total. The molecular weight excluding hydrogens is 497 g/mol. The molecule has 0 aliphatic heterocycles. The highest BCUT2D eigenvalue weighted by molar-refractivity contribution is 7.92. The van der Waals surface area contributed by atoms with Gasteiger partial charge in [-0.3, -0.25) is 9.10 Å². The maximum Gasteiger partial charge on any atom is 0.264 e. The summed E-state index contributed by atoms with van der Waals surface area (Å²) in [6.45, 7) is 6.00. The van der Waals surface area contributed by atoms with E-state index in [-0.39, 0.29) is 10.6 Å².